The molecule has 1 fully saturated rings. The minimum absolute atomic E-state index is 0.0667. The predicted octanol–water partition coefficient (Wildman–Crippen LogP) is 0.487. The van der Waals surface area contributed by atoms with Crippen molar-refractivity contribution in [3.8, 4) is 0 Å². The lowest BCUT2D eigenvalue weighted by molar-refractivity contribution is -0.119. The molecule has 2 aromatic heterocycles. The lowest BCUT2D eigenvalue weighted by atomic mass is 10.2. The van der Waals surface area contributed by atoms with Gasteiger partial charge in [0.15, 0.2) is 5.65 Å². The third-order valence-corrected chi connectivity index (χ3v) is 5.41. The number of aromatic nitrogens is 4. The number of carbonyl (C=O) groups excluding carboxylic acids is 1. The molecule has 1 aliphatic rings. The molecule has 2 heterocycles. The lowest BCUT2D eigenvalue weighted by Crippen LogP contribution is -2.38. The summed E-state index contributed by atoms with van der Waals surface area (Å²) in [5, 5.41) is 3.72. The quantitative estimate of drug-likeness (QED) is 0.627. The van der Waals surface area contributed by atoms with Gasteiger partial charge in [-0.2, -0.15) is 0 Å². The van der Waals surface area contributed by atoms with Crippen LogP contribution in [0.1, 0.15) is 31.5 Å². The Morgan fingerprint density at radius 2 is 1.88 bits per heavy atom. The molecule has 1 N–H and O–H groups in total. The van der Waals surface area contributed by atoms with Gasteiger partial charge in [-0.15, -0.1) is 0 Å². The van der Waals surface area contributed by atoms with Crippen molar-refractivity contribution >= 4 is 28.7 Å². The maximum atomic E-state index is 12.5. The van der Waals surface area contributed by atoms with Crippen LogP contribution in [0, 0.1) is 6.92 Å². The van der Waals surface area contributed by atoms with Gasteiger partial charge in [0.1, 0.15) is 16.2 Å². The zero-order valence-corrected chi connectivity index (χ0v) is 15.4. The van der Waals surface area contributed by atoms with Gasteiger partial charge in [0.25, 0.3) is 5.56 Å². The fourth-order valence-corrected chi connectivity index (χ4v) is 3.98. The third-order valence-electron chi connectivity index (χ3n) is 4.44. The Morgan fingerprint density at radius 3 is 2.56 bits per heavy atom. The van der Waals surface area contributed by atoms with Crippen molar-refractivity contribution in [2.45, 2.75) is 43.7 Å². The molecule has 8 nitrogen and oxygen atoms in total. The fourth-order valence-electron chi connectivity index (χ4n) is 3.11. The third kappa shape index (κ3) is 3.46. The van der Waals surface area contributed by atoms with E-state index in [-0.39, 0.29) is 23.1 Å². The first-order chi connectivity index (χ1) is 11.9. The number of nitrogens with zero attached hydrogens (tertiary/aromatic N) is 4. The van der Waals surface area contributed by atoms with Crippen LogP contribution in [-0.2, 0) is 18.9 Å². The minimum Gasteiger partial charge on any atom is -0.353 e. The van der Waals surface area contributed by atoms with Crippen molar-refractivity contribution in [3.05, 3.63) is 26.7 Å². The molecule has 9 heteroatoms. The molecule has 134 valence electrons. The molecule has 2 aromatic rings. The summed E-state index contributed by atoms with van der Waals surface area (Å²) in [4.78, 5) is 45.3. The highest BCUT2D eigenvalue weighted by Gasteiger charge is 2.19. The molecule has 3 rings (SSSR count). The molecule has 1 aliphatic carbocycles. The van der Waals surface area contributed by atoms with Crippen LogP contribution in [0.5, 0.6) is 0 Å². The number of rotatable bonds is 4. The Bertz CT molecular complexity index is 943. The van der Waals surface area contributed by atoms with Crippen molar-refractivity contribution in [2.24, 2.45) is 14.1 Å². The van der Waals surface area contributed by atoms with Crippen LogP contribution in [0.4, 0.5) is 0 Å². The highest BCUT2D eigenvalue weighted by atomic mass is 32.2. The topological polar surface area (TPSA) is 98.9 Å². The SMILES string of the molecule is Cc1nc(SCC(=O)NC2CCCC2)c2c(=O)n(C)c(=O)n(C)c2n1. The molecule has 1 saturated carbocycles. The molecule has 1 amide bonds. The van der Waals surface area contributed by atoms with E-state index in [2.05, 4.69) is 15.3 Å². The van der Waals surface area contributed by atoms with Crippen LogP contribution in [0.15, 0.2) is 14.6 Å². The molecule has 0 unspecified atom stereocenters. The molecule has 0 saturated heterocycles. The van der Waals surface area contributed by atoms with Gasteiger partial charge in [0.05, 0.1) is 5.75 Å². The highest BCUT2D eigenvalue weighted by molar-refractivity contribution is 8.00. The maximum absolute atomic E-state index is 12.5. The van der Waals surface area contributed by atoms with E-state index in [9.17, 15) is 14.4 Å². The number of nitrogens with one attached hydrogen (secondary N) is 1. The normalized spacial score (nSPS) is 15.0. The van der Waals surface area contributed by atoms with Crippen LogP contribution in [0.3, 0.4) is 0 Å². The molecule has 0 atom stereocenters. The molecular formula is C16H21N5O3S. The number of amides is 1. The summed E-state index contributed by atoms with van der Waals surface area (Å²) in [7, 11) is 2.99. The van der Waals surface area contributed by atoms with Crippen LogP contribution in [0.2, 0.25) is 0 Å². The number of hydrogen-bond acceptors (Lipinski definition) is 6. The molecule has 0 aromatic carbocycles. The minimum atomic E-state index is -0.447. The summed E-state index contributed by atoms with van der Waals surface area (Å²) >= 11 is 1.20. The van der Waals surface area contributed by atoms with E-state index in [0.717, 1.165) is 30.3 Å². The van der Waals surface area contributed by atoms with Gasteiger partial charge in [-0.3, -0.25) is 18.7 Å². The van der Waals surface area contributed by atoms with E-state index in [1.165, 1.54) is 23.4 Å². The summed E-state index contributed by atoms with van der Waals surface area (Å²) in [5.41, 5.74) is -0.596. The molecule has 0 spiro atoms. The zero-order chi connectivity index (χ0) is 18.1. The van der Waals surface area contributed by atoms with Gasteiger partial charge in [-0.25, -0.2) is 14.8 Å². The highest BCUT2D eigenvalue weighted by Crippen LogP contribution is 2.22. The molecule has 0 bridgehead atoms. The smallest absolute Gasteiger partial charge is 0.332 e. The van der Waals surface area contributed by atoms with Gasteiger partial charge < -0.3 is 5.32 Å². The lowest BCUT2D eigenvalue weighted by Gasteiger charge is -2.13. The second kappa shape index (κ2) is 6.99. The number of aryl methyl sites for hydroxylation is 2. The summed E-state index contributed by atoms with van der Waals surface area (Å²) in [5.74, 6) is 0.561. The van der Waals surface area contributed by atoms with Crippen molar-refractivity contribution in [1.82, 2.24) is 24.4 Å². The van der Waals surface area contributed by atoms with Crippen LogP contribution in [0.25, 0.3) is 11.0 Å². The fraction of sp³-hybridized carbons (Fsp3) is 0.562. The first-order valence-corrected chi connectivity index (χ1v) is 9.23. The maximum Gasteiger partial charge on any atom is 0.332 e. The molecule has 0 aliphatic heterocycles. The average Bonchev–Trinajstić information content (AvgIpc) is 3.08. The Kier molecular flexibility index (Phi) is 4.94. The van der Waals surface area contributed by atoms with Gasteiger partial charge in [-0.1, -0.05) is 24.6 Å². The van der Waals surface area contributed by atoms with E-state index < -0.39 is 11.2 Å². The van der Waals surface area contributed by atoms with E-state index in [4.69, 9.17) is 0 Å². The predicted molar refractivity (Wildman–Crippen MR) is 95.9 cm³/mol. The van der Waals surface area contributed by atoms with Crippen LogP contribution >= 0.6 is 11.8 Å². The summed E-state index contributed by atoms with van der Waals surface area (Å²) in [6, 6.07) is 0.255. The van der Waals surface area contributed by atoms with Gasteiger partial charge in [0, 0.05) is 20.1 Å². The first-order valence-electron chi connectivity index (χ1n) is 8.25. The molecule has 0 radical (unpaired) electrons. The van der Waals surface area contributed by atoms with E-state index in [1.54, 1.807) is 14.0 Å². The first kappa shape index (κ1) is 17.7. The summed E-state index contributed by atoms with van der Waals surface area (Å²) in [6.45, 7) is 1.70. The second-order valence-corrected chi connectivity index (χ2v) is 7.28. The van der Waals surface area contributed by atoms with Crippen molar-refractivity contribution in [3.63, 3.8) is 0 Å². The van der Waals surface area contributed by atoms with Crippen molar-refractivity contribution in [1.29, 1.82) is 0 Å². The second-order valence-electron chi connectivity index (χ2n) is 6.32. The van der Waals surface area contributed by atoms with Gasteiger partial charge >= 0.3 is 5.69 Å². The van der Waals surface area contributed by atoms with E-state index in [0.29, 0.717) is 16.5 Å². The Hall–Kier alpha value is -2.16. The summed E-state index contributed by atoms with van der Waals surface area (Å²) < 4.78 is 2.36. The Morgan fingerprint density at radius 1 is 1.20 bits per heavy atom. The van der Waals surface area contributed by atoms with Crippen molar-refractivity contribution < 1.29 is 4.79 Å². The largest absolute Gasteiger partial charge is 0.353 e. The van der Waals surface area contributed by atoms with Crippen LogP contribution in [-0.4, -0.2) is 36.8 Å². The van der Waals surface area contributed by atoms with Crippen LogP contribution < -0.4 is 16.6 Å². The van der Waals surface area contributed by atoms with Gasteiger partial charge in [-0.05, 0) is 19.8 Å². The average molecular weight is 363 g/mol. The monoisotopic (exact) mass is 363 g/mol. The van der Waals surface area contributed by atoms with Crippen molar-refractivity contribution in [2.75, 3.05) is 5.75 Å². The van der Waals surface area contributed by atoms with E-state index >= 15 is 0 Å². The molecule has 25 heavy (non-hydrogen) atoms. The standard InChI is InChI=1S/C16H21N5O3S/c1-9-17-13-12(15(23)21(3)16(24)20(13)2)14(18-9)25-8-11(22)19-10-6-4-5-7-10/h10H,4-8H2,1-3H3,(H,19,22). The Labute approximate surface area is 148 Å². The zero-order valence-electron chi connectivity index (χ0n) is 14.5. The summed E-state index contributed by atoms with van der Waals surface area (Å²) in [6.07, 6.45) is 4.35. The number of fused-ring (bicyclic) bond motifs is 1. The van der Waals surface area contributed by atoms with E-state index in [1.807, 2.05) is 0 Å². The Balaban J connectivity index is 1.92. The number of thioether (sulfide) groups is 1. The number of carbonyl (C=O) groups is 1. The number of hydrogen-bond donors (Lipinski definition) is 1. The molecular weight excluding hydrogens is 342 g/mol. The van der Waals surface area contributed by atoms with Gasteiger partial charge in [0.2, 0.25) is 5.91 Å².